The third-order valence-corrected chi connectivity index (χ3v) is 8.56. The van der Waals surface area contributed by atoms with Crippen LogP contribution in [0, 0.1) is 0 Å². The number of imide groups is 1. The number of hydrogen-bond donors (Lipinski definition) is 2. The monoisotopic (exact) mass is 754 g/mol. The molecule has 12 nitrogen and oxygen atoms in total. The van der Waals surface area contributed by atoms with Crippen LogP contribution in [0.3, 0.4) is 0 Å². The number of urea groups is 1. The van der Waals surface area contributed by atoms with Crippen molar-refractivity contribution >= 4 is 23.9 Å². The first-order chi connectivity index (χ1) is 26.2. The van der Waals surface area contributed by atoms with Crippen molar-refractivity contribution in [1.29, 1.82) is 0 Å². The van der Waals surface area contributed by atoms with Crippen molar-refractivity contribution in [2.75, 3.05) is 19.8 Å². The molecule has 55 heavy (non-hydrogen) atoms. The van der Waals surface area contributed by atoms with Crippen LogP contribution in [-0.2, 0) is 49.8 Å². The third kappa shape index (κ3) is 12.1. The van der Waals surface area contributed by atoms with Crippen molar-refractivity contribution in [3.05, 3.63) is 131 Å². The molecule has 1 aliphatic rings. The maximum atomic E-state index is 13.3. The van der Waals surface area contributed by atoms with Gasteiger partial charge in [0.2, 0.25) is 6.23 Å². The summed E-state index contributed by atoms with van der Waals surface area (Å²) >= 11 is 0. The van der Waals surface area contributed by atoms with Gasteiger partial charge in [-0.1, -0.05) is 84.9 Å². The summed E-state index contributed by atoms with van der Waals surface area (Å²) in [6.07, 6.45) is 0.0929. The number of amides is 3. The summed E-state index contributed by atoms with van der Waals surface area (Å²) in [5.74, 6) is -0.773. The second-order valence-corrected chi connectivity index (χ2v) is 13.8. The number of carbonyl (C=O) groups excluding carboxylic acids is 3. The van der Waals surface area contributed by atoms with Crippen molar-refractivity contribution in [1.82, 2.24) is 9.80 Å². The lowest BCUT2D eigenvalue weighted by Crippen LogP contribution is -2.39. The lowest BCUT2D eigenvalue weighted by atomic mass is 10.1. The Bertz CT molecular complexity index is 1850. The first-order valence-electron chi connectivity index (χ1n) is 18.1. The standard InChI is InChI=1S/C29H30N2O6.C14H20O4/c1-29(2,27(33)34)37-24-15-13-21(14-16-24)17-18-36-26-25(32)30(19-22-9-5-3-6-10-22)28(35)31(26)20-23-11-7-4-8-12-23;1-4-17-13(16)14(2,3)18-12-7-5-11(6-8-12)9-10-15/h3-16,26H,17-20H2,1-2H3,(H,33,34);5-8,15H,4,9-10H2,1-3H3. The number of carboxylic acid groups (broad SMARTS) is 1. The molecule has 1 aliphatic heterocycles. The van der Waals surface area contributed by atoms with E-state index in [9.17, 15) is 24.3 Å². The predicted octanol–water partition coefficient (Wildman–Crippen LogP) is 6.42. The molecule has 1 saturated heterocycles. The number of nitrogens with zero attached hydrogens (tertiary/aromatic N) is 2. The van der Waals surface area contributed by atoms with Gasteiger partial charge in [-0.3, -0.25) is 14.6 Å². The van der Waals surface area contributed by atoms with Crippen LogP contribution in [0.2, 0.25) is 0 Å². The summed E-state index contributed by atoms with van der Waals surface area (Å²) in [5, 5.41) is 18.0. The normalized spacial score (nSPS) is 14.3. The molecule has 0 bridgehead atoms. The third-order valence-electron chi connectivity index (χ3n) is 8.56. The molecule has 4 aromatic rings. The Morgan fingerprint density at radius 1 is 0.673 bits per heavy atom. The lowest BCUT2D eigenvalue weighted by Gasteiger charge is -2.24. The molecule has 1 atom stereocenters. The van der Waals surface area contributed by atoms with Crippen LogP contribution in [0.4, 0.5) is 4.79 Å². The van der Waals surface area contributed by atoms with E-state index in [-0.39, 0.29) is 44.2 Å². The number of aliphatic carboxylic acids is 1. The Kier molecular flexibility index (Phi) is 14.9. The Morgan fingerprint density at radius 2 is 1.16 bits per heavy atom. The van der Waals surface area contributed by atoms with E-state index in [1.54, 1.807) is 45.0 Å². The summed E-state index contributed by atoms with van der Waals surface area (Å²) in [7, 11) is 0. The first kappa shape index (κ1) is 42.0. The van der Waals surface area contributed by atoms with Crippen LogP contribution in [0.25, 0.3) is 0 Å². The molecule has 0 aromatic heterocycles. The van der Waals surface area contributed by atoms with Gasteiger partial charge in [0.15, 0.2) is 11.2 Å². The second kappa shape index (κ2) is 19.6. The zero-order chi connectivity index (χ0) is 40.0. The smallest absolute Gasteiger partial charge is 0.349 e. The molecule has 1 unspecified atom stereocenters. The van der Waals surface area contributed by atoms with Crippen LogP contribution < -0.4 is 9.47 Å². The highest BCUT2D eigenvalue weighted by atomic mass is 16.6. The highest BCUT2D eigenvalue weighted by molar-refractivity contribution is 6.03. The highest BCUT2D eigenvalue weighted by Crippen LogP contribution is 2.25. The van der Waals surface area contributed by atoms with E-state index < -0.39 is 23.4 Å². The molecule has 2 N–H and O–H groups in total. The average Bonchev–Trinajstić information content (AvgIpc) is 3.37. The van der Waals surface area contributed by atoms with Gasteiger partial charge in [-0.2, -0.15) is 0 Å². The number of carbonyl (C=O) groups is 4. The van der Waals surface area contributed by atoms with Crippen LogP contribution in [0.15, 0.2) is 109 Å². The number of esters is 1. The number of rotatable bonds is 17. The SMILES string of the molecule is CC(C)(Oc1ccc(CCOC2C(=O)N(Cc3ccccc3)C(=O)N2Cc2ccccc2)cc1)C(=O)O.CCOC(=O)C(C)(C)Oc1ccc(CCO)cc1. The number of ether oxygens (including phenoxy) is 4. The van der Waals surface area contributed by atoms with Crippen molar-refractivity contribution in [2.24, 2.45) is 0 Å². The Labute approximate surface area is 322 Å². The maximum absolute atomic E-state index is 13.3. The fraction of sp³-hybridized carbons (Fsp3) is 0.349. The van der Waals surface area contributed by atoms with Crippen LogP contribution in [0.1, 0.15) is 56.9 Å². The minimum atomic E-state index is -1.34. The number of hydrogen-bond acceptors (Lipinski definition) is 9. The van der Waals surface area contributed by atoms with Crippen LogP contribution in [-0.4, -0.2) is 81.1 Å². The van der Waals surface area contributed by atoms with Gasteiger partial charge < -0.3 is 29.2 Å². The molecule has 3 amide bonds. The van der Waals surface area contributed by atoms with E-state index >= 15 is 0 Å². The zero-order valence-corrected chi connectivity index (χ0v) is 32.0. The van der Waals surface area contributed by atoms with Gasteiger partial charge in [0.05, 0.1) is 26.3 Å². The maximum Gasteiger partial charge on any atom is 0.349 e. The number of benzene rings is 4. The Balaban J connectivity index is 0.000000314. The molecule has 0 spiro atoms. The van der Waals surface area contributed by atoms with Crippen LogP contribution in [0.5, 0.6) is 11.5 Å². The van der Waals surface area contributed by atoms with Gasteiger partial charge >= 0.3 is 18.0 Å². The minimum absolute atomic E-state index is 0.120. The van der Waals surface area contributed by atoms with E-state index in [2.05, 4.69) is 0 Å². The Morgan fingerprint density at radius 3 is 1.65 bits per heavy atom. The van der Waals surface area contributed by atoms with Gasteiger partial charge in [-0.15, -0.1) is 0 Å². The van der Waals surface area contributed by atoms with Gasteiger partial charge in [0, 0.05) is 6.61 Å². The first-order valence-corrected chi connectivity index (χ1v) is 18.1. The molecule has 1 heterocycles. The topological polar surface area (TPSA) is 152 Å². The predicted molar refractivity (Wildman–Crippen MR) is 205 cm³/mol. The molecular formula is C43H50N2O10. The molecule has 5 rings (SSSR count). The second-order valence-electron chi connectivity index (χ2n) is 13.8. The zero-order valence-electron chi connectivity index (χ0n) is 32.0. The number of aliphatic hydroxyl groups excluding tert-OH is 1. The summed E-state index contributed by atoms with van der Waals surface area (Å²) in [4.78, 5) is 52.2. The highest BCUT2D eigenvalue weighted by Gasteiger charge is 2.45. The molecule has 0 aliphatic carbocycles. The van der Waals surface area contributed by atoms with E-state index in [0.717, 1.165) is 22.3 Å². The lowest BCUT2D eigenvalue weighted by molar-refractivity contribution is -0.158. The number of carboxylic acids is 1. The minimum Gasteiger partial charge on any atom is -0.478 e. The Hall–Kier alpha value is -5.72. The van der Waals surface area contributed by atoms with Gasteiger partial charge in [0.25, 0.3) is 5.91 Å². The van der Waals surface area contributed by atoms with E-state index in [1.165, 1.54) is 23.6 Å². The molecule has 12 heteroatoms. The van der Waals surface area contributed by atoms with E-state index in [0.29, 0.717) is 30.9 Å². The van der Waals surface area contributed by atoms with E-state index in [4.69, 9.17) is 24.1 Å². The van der Waals surface area contributed by atoms with Crippen molar-refractivity contribution in [3.63, 3.8) is 0 Å². The molecule has 1 fully saturated rings. The summed E-state index contributed by atoms with van der Waals surface area (Å²) in [5.41, 5.74) is 1.37. The van der Waals surface area contributed by atoms with Gasteiger partial charge in [0.1, 0.15) is 11.5 Å². The average molecular weight is 755 g/mol. The van der Waals surface area contributed by atoms with Crippen LogP contribution >= 0.6 is 0 Å². The van der Waals surface area contributed by atoms with E-state index in [1.807, 2.05) is 84.9 Å². The quantitative estimate of drug-likeness (QED) is 0.0913. The fourth-order valence-corrected chi connectivity index (χ4v) is 5.47. The largest absolute Gasteiger partial charge is 0.478 e. The number of aliphatic hydroxyl groups is 1. The molecule has 292 valence electrons. The summed E-state index contributed by atoms with van der Waals surface area (Å²) < 4.78 is 22.1. The van der Waals surface area contributed by atoms with Crippen molar-refractivity contribution < 1.29 is 48.3 Å². The van der Waals surface area contributed by atoms with Gasteiger partial charge in [-0.05, 0) is 94.0 Å². The molecule has 0 saturated carbocycles. The van der Waals surface area contributed by atoms with Crippen molar-refractivity contribution in [2.45, 2.75) is 78.0 Å². The summed E-state index contributed by atoms with van der Waals surface area (Å²) in [6, 6.07) is 32.8. The fourth-order valence-electron chi connectivity index (χ4n) is 5.47. The van der Waals surface area contributed by atoms with Gasteiger partial charge in [-0.25, -0.2) is 14.4 Å². The molecule has 0 radical (unpaired) electrons. The molecular weight excluding hydrogens is 704 g/mol. The van der Waals surface area contributed by atoms with Crippen molar-refractivity contribution in [3.8, 4) is 11.5 Å². The molecule has 4 aromatic carbocycles. The summed E-state index contributed by atoms with van der Waals surface area (Å²) in [6.45, 7) is 9.19.